The molecule has 0 saturated carbocycles. The molecule has 0 aliphatic carbocycles. The molecule has 1 fully saturated rings. The Kier molecular flexibility index (Phi) is 7.69. The third-order valence-corrected chi connectivity index (χ3v) is 7.07. The number of ether oxygens (including phenoxy) is 2. The summed E-state index contributed by atoms with van der Waals surface area (Å²) >= 11 is 0. The molecule has 0 spiro atoms. The van der Waals surface area contributed by atoms with Crippen molar-refractivity contribution in [3.05, 3.63) is 53.5 Å². The van der Waals surface area contributed by atoms with Crippen molar-refractivity contribution in [1.29, 1.82) is 0 Å². The number of nitrogens with two attached hydrogens (primary N) is 1. The van der Waals surface area contributed by atoms with Gasteiger partial charge in [0.1, 0.15) is 18.2 Å². The average molecular weight is 550 g/mol. The third kappa shape index (κ3) is 4.97. The molecule has 0 bridgehead atoms. The van der Waals surface area contributed by atoms with E-state index in [0.29, 0.717) is 69.4 Å². The van der Waals surface area contributed by atoms with Crippen LogP contribution in [0.5, 0.6) is 11.5 Å². The van der Waals surface area contributed by atoms with E-state index >= 15 is 0 Å². The number of benzene rings is 2. The van der Waals surface area contributed by atoms with Crippen LogP contribution in [0.1, 0.15) is 29.5 Å². The molecule has 13 nitrogen and oxygen atoms in total. The number of aliphatic hydroxyl groups is 3. The lowest BCUT2D eigenvalue weighted by molar-refractivity contribution is -0.119. The van der Waals surface area contributed by atoms with Crippen molar-refractivity contribution in [2.75, 3.05) is 31.0 Å². The predicted octanol–water partition coefficient (Wildman–Crippen LogP) is 1.51. The van der Waals surface area contributed by atoms with Crippen molar-refractivity contribution in [2.45, 2.75) is 38.7 Å². The second-order valence-electron chi connectivity index (χ2n) is 9.36. The number of nitrogens with zero attached hydrogens (tertiary/aromatic N) is 5. The van der Waals surface area contributed by atoms with Gasteiger partial charge in [-0.15, -0.1) is 0 Å². The number of hydrogen-bond donors (Lipinski definition) is 5. The number of nitrogens with one attached hydrogen (secondary N) is 1. The van der Waals surface area contributed by atoms with Crippen LogP contribution in [0.15, 0.2) is 36.8 Å². The Labute approximate surface area is 229 Å². The average Bonchev–Trinajstić information content (AvgIpc) is 3.65. The standard InChI is InChI=1S/C27H31N7O6/c1-39-22-8-18-20(9-23(22)40-2)30-27(32-26(18)34-5-3-4-21(34)25(28)38)31-24-10-33(14-29-24)17-6-15(11-35)19(13-37)16(7-17)12-36/h6-10,14,21,35-37H,3-5,11-13H2,1-2H3,(H2,28,38)(H,30,31,32)/t21-/m0/s1. The number of rotatable bonds is 10. The van der Waals surface area contributed by atoms with Crippen LogP contribution in [0, 0.1) is 0 Å². The largest absolute Gasteiger partial charge is 0.493 e. The summed E-state index contributed by atoms with van der Waals surface area (Å²) in [4.78, 5) is 27.9. The van der Waals surface area contributed by atoms with Crippen LogP contribution in [-0.2, 0) is 24.6 Å². The summed E-state index contributed by atoms with van der Waals surface area (Å²) in [5.41, 5.74) is 8.43. The van der Waals surface area contributed by atoms with E-state index in [1.54, 1.807) is 55.6 Å². The van der Waals surface area contributed by atoms with Crippen LogP contribution in [0.2, 0.25) is 0 Å². The van der Waals surface area contributed by atoms with E-state index in [9.17, 15) is 20.1 Å². The molecule has 1 saturated heterocycles. The molecule has 40 heavy (non-hydrogen) atoms. The normalized spacial score (nSPS) is 15.0. The quantitative estimate of drug-likeness (QED) is 0.193. The lowest BCUT2D eigenvalue weighted by Gasteiger charge is -2.25. The molecule has 0 unspecified atom stereocenters. The summed E-state index contributed by atoms with van der Waals surface area (Å²) in [5, 5.41) is 33.0. The minimum Gasteiger partial charge on any atom is -0.493 e. The molecule has 3 heterocycles. The summed E-state index contributed by atoms with van der Waals surface area (Å²) < 4.78 is 12.7. The Morgan fingerprint density at radius 1 is 1.05 bits per heavy atom. The first-order chi connectivity index (χ1) is 19.4. The number of carbonyl (C=O) groups excluding carboxylic acids is 1. The molecular weight excluding hydrogens is 518 g/mol. The van der Waals surface area contributed by atoms with Crippen LogP contribution in [-0.4, -0.2) is 67.6 Å². The van der Waals surface area contributed by atoms with Gasteiger partial charge in [-0.05, 0) is 47.7 Å². The molecule has 4 aromatic rings. The minimum absolute atomic E-state index is 0.248. The zero-order valence-electron chi connectivity index (χ0n) is 22.2. The predicted molar refractivity (Wildman–Crippen MR) is 147 cm³/mol. The van der Waals surface area contributed by atoms with Crippen LogP contribution in [0.3, 0.4) is 0 Å². The van der Waals surface area contributed by atoms with Gasteiger partial charge in [-0.3, -0.25) is 4.79 Å². The third-order valence-electron chi connectivity index (χ3n) is 7.07. The Hall–Kier alpha value is -4.46. The first-order valence-electron chi connectivity index (χ1n) is 12.7. The number of aliphatic hydroxyl groups excluding tert-OH is 3. The maximum Gasteiger partial charge on any atom is 0.240 e. The van der Waals surface area contributed by atoms with E-state index in [4.69, 9.17) is 20.2 Å². The highest BCUT2D eigenvalue weighted by Crippen LogP contribution is 2.38. The number of aromatic nitrogens is 4. The van der Waals surface area contributed by atoms with E-state index in [2.05, 4.69) is 15.3 Å². The number of anilines is 3. The van der Waals surface area contributed by atoms with Crippen molar-refractivity contribution in [3.8, 4) is 17.2 Å². The van der Waals surface area contributed by atoms with Crippen LogP contribution < -0.4 is 25.4 Å². The summed E-state index contributed by atoms with van der Waals surface area (Å²) in [6.07, 6.45) is 4.69. The maximum absolute atomic E-state index is 12.2. The highest BCUT2D eigenvalue weighted by molar-refractivity contribution is 5.95. The van der Waals surface area contributed by atoms with Gasteiger partial charge in [-0.25, -0.2) is 9.97 Å². The summed E-state index contributed by atoms with van der Waals surface area (Å²) in [6, 6.07) is 6.47. The van der Waals surface area contributed by atoms with Crippen molar-refractivity contribution in [2.24, 2.45) is 5.73 Å². The zero-order valence-corrected chi connectivity index (χ0v) is 22.2. The molecule has 2 aromatic carbocycles. The minimum atomic E-state index is -0.499. The monoisotopic (exact) mass is 549 g/mol. The molecule has 1 aliphatic heterocycles. The highest BCUT2D eigenvalue weighted by Gasteiger charge is 2.32. The smallest absolute Gasteiger partial charge is 0.240 e. The van der Waals surface area contributed by atoms with Gasteiger partial charge >= 0.3 is 0 Å². The number of hydrogen-bond acceptors (Lipinski definition) is 11. The van der Waals surface area contributed by atoms with E-state index in [1.807, 2.05) is 4.90 Å². The topological polar surface area (TPSA) is 181 Å². The lowest BCUT2D eigenvalue weighted by atomic mass is 10.0. The number of imidazole rings is 1. The summed E-state index contributed by atoms with van der Waals surface area (Å²) in [5.74, 6) is 1.79. The van der Waals surface area contributed by atoms with Crippen molar-refractivity contribution >= 4 is 34.4 Å². The molecular formula is C27H31N7O6. The lowest BCUT2D eigenvalue weighted by Crippen LogP contribution is -2.41. The summed E-state index contributed by atoms with van der Waals surface area (Å²) in [7, 11) is 3.08. The van der Waals surface area contributed by atoms with Crippen molar-refractivity contribution in [3.63, 3.8) is 0 Å². The fourth-order valence-electron chi connectivity index (χ4n) is 5.09. The van der Waals surface area contributed by atoms with Crippen molar-refractivity contribution < 1.29 is 29.6 Å². The molecule has 5 rings (SSSR count). The molecule has 0 radical (unpaired) electrons. The Morgan fingerprint density at radius 2 is 1.75 bits per heavy atom. The molecule has 1 aliphatic rings. The van der Waals surface area contributed by atoms with Gasteiger partial charge in [0.05, 0.1) is 45.8 Å². The first-order valence-corrected chi connectivity index (χ1v) is 12.7. The second-order valence-corrected chi connectivity index (χ2v) is 9.36. The van der Waals surface area contributed by atoms with Crippen LogP contribution in [0.4, 0.5) is 17.6 Å². The molecule has 1 atom stereocenters. The molecule has 1 amide bonds. The van der Waals surface area contributed by atoms with Gasteiger partial charge in [0.25, 0.3) is 0 Å². The zero-order chi connectivity index (χ0) is 28.4. The van der Waals surface area contributed by atoms with E-state index < -0.39 is 11.9 Å². The van der Waals surface area contributed by atoms with Crippen molar-refractivity contribution in [1.82, 2.24) is 19.5 Å². The van der Waals surface area contributed by atoms with Gasteiger partial charge < -0.3 is 45.3 Å². The molecule has 2 aromatic heterocycles. The Bertz CT molecular complexity index is 1530. The fraction of sp³-hybridized carbons (Fsp3) is 0.333. The van der Waals surface area contributed by atoms with Gasteiger partial charge in [0.15, 0.2) is 17.3 Å². The highest BCUT2D eigenvalue weighted by atomic mass is 16.5. The number of primary amides is 1. The number of fused-ring (bicyclic) bond motifs is 1. The number of amides is 1. The fourth-order valence-corrected chi connectivity index (χ4v) is 5.09. The van der Waals surface area contributed by atoms with E-state index in [1.165, 1.54) is 0 Å². The van der Waals surface area contributed by atoms with E-state index in [-0.39, 0.29) is 25.8 Å². The second kappa shape index (κ2) is 11.3. The molecule has 210 valence electrons. The maximum atomic E-state index is 12.2. The Morgan fingerprint density at radius 3 is 2.38 bits per heavy atom. The number of methoxy groups -OCH3 is 2. The number of carbonyl (C=O) groups is 1. The van der Waals surface area contributed by atoms with Gasteiger partial charge in [-0.1, -0.05) is 0 Å². The van der Waals surface area contributed by atoms with Gasteiger partial charge in [0, 0.05) is 23.7 Å². The van der Waals surface area contributed by atoms with E-state index in [0.717, 1.165) is 6.42 Å². The molecule has 6 N–H and O–H groups in total. The van der Waals surface area contributed by atoms with Gasteiger partial charge in [0.2, 0.25) is 11.9 Å². The van der Waals surface area contributed by atoms with Crippen LogP contribution in [0.25, 0.3) is 16.6 Å². The Balaban J connectivity index is 1.55. The first kappa shape index (κ1) is 27.1. The molecule has 13 heteroatoms. The SMILES string of the molecule is COc1cc2nc(Nc3cn(-c4cc(CO)c(CO)c(CO)c4)cn3)nc(N3CCC[C@H]3C(N)=O)c2cc1OC. The van der Waals surface area contributed by atoms with Gasteiger partial charge in [-0.2, -0.15) is 4.98 Å². The van der Waals surface area contributed by atoms with Crippen LogP contribution >= 0.6 is 0 Å². The summed E-state index contributed by atoms with van der Waals surface area (Å²) in [6.45, 7) is -0.274.